The van der Waals surface area contributed by atoms with Crippen LogP contribution in [0.3, 0.4) is 0 Å². The standard InChI is InChI=1S/C12H8ClF2N3O/c13-7-4-6(5-17-11(7)16)12(19)18-9-3-1-2-8(14)10(9)15/h1-5H,(H2,16,17)(H,18,19). The molecule has 0 aliphatic heterocycles. The van der Waals surface area contributed by atoms with Crippen LogP contribution < -0.4 is 11.1 Å². The van der Waals surface area contributed by atoms with Crippen molar-refractivity contribution in [2.24, 2.45) is 0 Å². The van der Waals surface area contributed by atoms with Gasteiger partial charge in [0.25, 0.3) is 5.91 Å². The van der Waals surface area contributed by atoms with E-state index in [0.29, 0.717) is 0 Å². The summed E-state index contributed by atoms with van der Waals surface area (Å²) in [5.41, 5.74) is 5.22. The molecule has 4 nitrogen and oxygen atoms in total. The molecule has 0 atom stereocenters. The topological polar surface area (TPSA) is 68.0 Å². The number of nitrogens with one attached hydrogen (secondary N) is 1. The SMILES string of the molecule is Nc1ncc(C(=O)Nc2cccc(F)c2F)cc1Cl. The summed E-state index contributed by atoms with van der Waals surface area (Å²) >= 11 is 5.72. The number of benzene rings is 1. The molecule has 3 N–H and O–H groups in total. The number of hydrogen-bond donors (Lipinski definition) is 2. The Bertz CT molecular complexity index is 649. The number of nitrogen functional groups attached to an aromatic ring is 1. The van der Waals surface area contributed by atoms with Gasteiger partial charge in [0.2, 0.25) is 0 Å². The van der Waals surface area contributed by atoms with Crippen LogP contribution in [0.5, 0.6) is 0 Å². The lowest BCUT2D eigenvalue weighted by Gasteiger charge is -2.07. The van der Waals surface area contributed by atoms with Crippen molar-refractivity contribution in [2.45, 2.75) is 0 Å². The van der Waals surface area contributed by atoms with E-state index in [4.69, 9.17) is 17.3 Å². The molecule has 7 heteroatoms. The molecule has 0 saturated heterocycles. The summed E-state index contributed by atoms with van der Waals surface area (Å²) < 4.78 is 26.3. The van der Waals surface area contributed by atoms with E-state index in [0.717, 1.165) is 6.07 Å². The fourth-order valence-electron chi connectivity index (χ4n) is 1.37. The third kappa shape index (κ3) is 2.79. The first-order valence-electron chi connectivity index (χ1n) is 5.15. The Balaban J connectivity index is 2.26. The second-order valence-corrected chi connectivity index (χ2v) is 4.05. The lowest BCUT2D eigenvalue weighted by Crippen LogP contribution is -2.14. The van der Waals surface area contributed by atoms with Gasteiger partial charge in [-0.05, 0) is 18.2 Å². The van der Waals surface area contributed by atoms with Crippen LogP contribution in [0.25, 0.3) is 0 Å². The first-order valence-corrected chi connectivity index (χ1v) is 5.53. The summed E-state index contributed by atoms with van der Waals surface area (Å²) in [5, 5.41) is 2.32. The summed E-state index contributed by atoms with van der Waals surface area (Å²) in [4.78, 5) is 15.5. The number of anilines is 2. The molecule has 0 radical (unpaired) electrons. The van der Waals surface area contributed by atoms with Gasteiger partial charge in [0.15, 0.2) is 11.6 Å². The fourth-order valence-corrected chi connectivity index (χ4v) is 1.53. The number of nitrogens with two attached hydrogens (primary N) is 1. The summed E-state index contributed by atoms with van der Waals surface area (Å²) in [6, 6.07) is 4.76. The van der Waals surface area contributed by atoms with Gasteiger partial charge >= 0.3 is 0 Å². The summed E-state index contributed by atoms with van der Waals surface area (Å²) in [6.07, 6.45) is 1.19. The summed E-state index contributed by atoms with van der Waals surface area (Å²) in [6.45, 7) is 0. The maximum atomic E-state index is 13.4. The number of rotatable bonds is 2. The number of halogens is 3. The van der Waals surface area contributed by atoms with Crippen LogP contribution in [-0.2, 0) is 0 Å². The number of amides is 1. The van der Waals surface area contributed by atoms with E-state index in [-0.39, 0.29) is 22.1 Å². The molecule has 1 amide bonds. The average Bonchev–Trinajstić information content (AvgIpc) is 2.38. The Labute approximate surface area is 112 Å². The van der Waals surface area contributed by atoms with Crippen molar-refractivity contribution in [3.05, 3.63) is 52.7 Å². The van der Waals surface area contributed by atoms with Crippen molar-refractivity contribution >= 4 is 29.0 Å². The summed E-state index contributed by atoms with van der Waals surface area (Å²) in [5.74, 6) is -2.77. The van der Waals surface area contributed by atoms with E-state index >= 15 is 0 Å². The molecule has 1 aromatic carbocycles. The predicted molar refractivity (Wildman–Crippen MR) is 68.0 cm³/mol. The van der Waals surface area contributed by atoms with Crippen LogP contribution in [-0.4, -0.2) is 10.9 Å². The molecular formula is C12H8ClF2N3O. The van der Waals surface area contributed by atoms with Gasteiger partial charge in [-0.2, -0.15) is 0 Å². The molecule has 0 fully saturated rings. The smallest absolute Gasteiger partial charge is 0.257 e. The van der Waals surface area contributed by atoms with Crippen molar-refractivity contribution in [3.63, 3.8) is 0 Å². The molecule has 0 saturated carbocycles. The fraction of sp³-hybridized carbons (Fsp3) is 0. The molecular weight excluding hydrogens is 276 g/mol. The van der Waals surface area contributed by atoms with Gasteiger partial charge in [-0.25, -0.2) is 13.8 Å². The lowest BCUT2D eigenvalue weighted by atomic mass is 10.2. The highest BCUT2D eigenvalue weighted by Gasteiger charge is 2.13. The van der Waals surface area contributed by atoms with Crippen LogP contribution in [0.15, 0.2) is 30.5 Å². The minimum atomic E-state index is -1.13. The van der Waals surface area contributed by atoms with Crippen molar-refractivity contribution in [2.75, 3.05) is 11.1 Å². The Morgan fingerprint density at radius 1 is 1.37 bits per heavy atom. The van der Waals surface area contributed by atoms with Gasteiger partial charge in [0.05, 0.1) is 16.3 Å². The van der Waals surface area contributed by atoms with E-state index in [9.17, 15) is 13.6 Å². The zero-order valence-electron chi connectivity index (χ0n) is 9.45. The van der Waals surface area contributed by atoms with Gasteiger partial charge in [-0.1, -0.05) is 17.7 Å². The molecule has 0 unspecified atom stereocenters. The largest absolute Gasteiger partial charge is 0.382 e. The molecule has 1 heterocycles. The molecule has 98 valence electrons. The van der Waals surface area contributed by atoms with Gasteiger partial charge in [-0.3, -0.25) is 4.79 Å². The Morgan fingerprint density at radius 2 is 2.11 bits per heavy atom. The maximum Gasteiger partial charge on any atom is 0.257 e. The second-order valence-electron chi connectivity index (χ2n) is 3.65. The third-order valence-corrected chi connectivity index (χ3v) is 2.63. The van der Waals surface area contributed by atoms with Gasteiger partial charge < -0.3 is 11.1 Å². The normalized spacial score (nSPS) is 10.3. The van der Waals surface area contributed by atoms with Crippen LogP contribution >= 0.6 is 11.6 Å². The van der Waals surface area contributed by atoms with Crippen molar-refractivity contribution < 1.29 is 13.6 Å². The molecule has 1 aromatic heterocycles. The van der Waals surface area contributed by atoms with Crippen LogP contribution in [0.2, 0.25) is 5.02 Å². The van der Waals surface area contributed by atoms with Crippen molar-refractivity contribution in [1.82, 2.24) is 4.98 Å². The van der Waals surface area contributed by atoms with Crippen LogP contribution in [0, 0.1) is 11.6 Å². The number of carbonyl (C=O) groups is 1. The maximum absolute atomic E-state index is 13.4. The first-order chi connectivity index (χ1) is 8.99. The highest BCUT2D eigenvalue weighted by atomic mass is 35.5. The first kappa shape index (κ1) is 13.2. The Morgan fingerprint density at radius 3 is 2.79 bits per heavy atom. The molecule has 0 aliphatic carbocycles. The highest BCUT2D eigenvalue weighted by molar-refractivity contribution is 6.33. The molecule has 0 spiro atoms. The Kier molecular flexibility index (Phi) is 3.62. The van der Waals surface area contributed by atoms with Crippen molar-refractivity contribution in [3.8, 4) is 0 Å². The molecule has 2 aromatic rings. The number of hydrogen-bond acceptors (Lipinski definition) is 3. The molecule has 0 bridgehead atoms. The van der Waals surface area contributed by atoms with E-state index in [1.807, 2.05) is 0 Å². The van der Waals surface area contributed by atoms with Crippen LogP contribution in [0.1, 0.15) is 10.4 Å². The molecule has 19 heavy (non-hydrogen) atoms. The Hall–Kier alpha value is -2.21. The van der Waals surface area contributed by atoms with Gasteiger partial charge in [0, 0.05) is 6.20 Å². The van der Waals surface area contributed by atoms with Crippen LogP contribution in [0.4, 0.5) is 20.3 Å². The zero-order valence-corrected chi connectivity index (χ0v) is 10.2. The number of aromatic nitrogens is 1. The lowest BCUT2D eigenvalue weighted by molar-refractivity contribution is 0.102. The minimum absolute atomic E-state index is 0.0788. The molecule has 2 rings (SSSR count). The average molecular weight is 284 g/mol. The minimum Gasteiger partial charge on any atom is -0.382 e. The monoisotopic (exact) mass is 283 g/mol. The number of nitrogens with zero attached hydrogens (tertiary/aromatic N) is 1. The number of carbonyl (C=O) groups excluding carboxylic acids is 1. The predicted octanol–water partition coefficient (Wildman–Crippen LogP) is 2.85. The van der Waals surface area contributed by atoms with Gasteiger partial charge in [0.1, 0.15) is 5.82 Å². The quantitative estimate of drug-likeness (QED) is 0.890. The van der Waals surface area contributed by atoms with E-state index in [1.165, 1.54) is 24.4 Å². The molecule has 0 aliphatic rings. The summed E-state index contributed by atoms with van der Waals surface area (Å²) in [7, 11) is 0. The zero-order chi connectivity index (χ0) is 14.0. The number of pyridine rings is 1. The van der Waals surface area contributed by atoms with E-state index in [1.54, 1.807) is 0 Å². The third-order valence-electron chi connectivity index (χ3n) is 2.33. The second kappa shape index (κ2) is 5.19. The van der Waals surface area contributed by atoms with Gasteiger partial charge in [-0.15, -0.1) is 0 Å². The highest BCUT2D eigenvalue weighted by Crippen LogP contribution is 2.20. The van der Waals surface area contributed by atoms with E-state index < -0.39 is 17.5 Å². The van der Waals surface area contributed by atoms with Crippen molar-refractivity contribution in [1.29, 1.82) is 0 Å². The van der Waals surface area contributed by atoms with E-state index in [2.05, 4.69) is 10.3 Å².